The van der Waals surface area contributed by atoms with Crippen molar-refractivity contribution in [3.05, 3.63) is 0 Å². The second-order valence-electron chi connectivity index (χ2n) is 3.79. The molecular weight excluding hydrogens is 167 g/mol. The molecule has 1 N–H and O–H groups in total. The van der Waals surface area contributed by atoms with Gasteiger partial charge in [-0.3, -0.25) is 0 Å². The number of rotatable bonds is 0. The zero-order valence-electron chi connectivity index (χ0n) is 6.69. The molecular formula is C8H12F3N. The molecule has 0 aromatic heterocycles. The zero-order valence-corrected chi connectivity index (χ0v) is 6.69. The Kier molecular flexibility index (Phi) is 1.82. The molecule has 1 aliphatic heterocycles. The molecule has 12 heavy (non-hydrogen) atoms. The molecule has 0 amide bonds. The van der Waals surface area contributed by atoms with Crippen molar-refractivity contribution >= 4 is 0 Å². The molecule has 1 saturated carbocycles. The van der Waals surface area contributed by atoms with Crippen molar-refractivity contribution in [1.29, 1.82) is 0 Å². The Morgan fingerprint density at radius 2 is 1.92 bits per heavy atom. The maximum Gasteiger partial charge on any atom is 0.403 e. The second-order valence-corrected chi connectivity index (χ2v) is 3.79. The average Bonchev–Trinajstić information content (AvgIpc) is 2.37. The highest BCUT2D eigenvalue weighted by Crippen LogP contribution is 2.39. The van der Waals surface area contributed by atoms with Crippen LogP contribution >= 0.6 is 0 Å². The van der Waals surface area contributed by atoms with Gasteiger partial charge in [-0.1, -0.05) is 6.42 Å². The van der Waals surface area contributed by atoms with Crippen molar-refractivity contribution in [1.82, 2.24) is 5.32 Å². The summed E-state index contributed by atoms with van der Waals surface area (Å²) in [5, 5.41) is 2.67. The minimum Gasteiger partial charge on any atom is -0.303 e. The first-order valence-electron chi connectivity index (χ1n) is 4.40. The molecule has 0 spiro atoms. The highest BCUT2D eigenvalue weighted by molar-refractivity contribution is 4.97. The summed E-state index contributed by atoms with van der Waals surface area (Å²) >= 11 is 0. The van der Waals surface area contributed by atoms with Crippen LogP contribution in [0.25, 0.3) is 0 Å². The summed E-state index contributed by atoms with van der Waals surface area (Å²) in [4.78, 5) is 0. The van der Waals surface area contributed by atoms with Gasteiger partial charge in [-0.05, 0) is 25.2 Å². The highest BCUT2D eigenvalue weighted by atomic mass is 19.4. The number of fused-ring (bicyclic) bond motifs is 1. The van der Waals surface area contributed by atoms with Gasteiger partial charge in [0.1, 0.15) is 6.04 Å². The third kappa shape index (κ3) is 1.32. The van der Waals surface area contributed by atoms with Crippen molar-refractivity contribution in [2.24, 2.45) is 5.92 Å². The molecule has 3 atom stereocenters. The van der Waals surface area contributed by atoms with Crippen LogP contribution in [-0.4, -0.2) is 18.3 Å². The summed E-state index contributed by atoms with van der Waals surface area (Å²) in [7, 11) is 0. The van der Waals surface area contributed by atoms with E-state index in [1.54, 1.807) is 0 Å². The Morgan fingerprint density at radius 1 is 1.17 bits per heavy atom. The fraction of sp³-hybridized carbons (Fsp3) is 1.00. The van der Waals surface area contributed by atoms with Gasteiger partial charge in [0.05, 0.1) is 0 Å². The van der Waals surface area contributed by atoms with Gasteiger partial charge in [-0.15, -0.1) is 0 Å². The quantitative estimate of drug-likeness (QED) is 0.600. The van der Waals surface area contributed by atoms with Gasteiger partial charge in [0.15, 0.2) is 0 Å². The summed E-state index contributed by atoms with van der Waals surface area (Å²) in [5.74, 6) is 0.289. The van der Waals surface area contributed by atoms with Crippen LogP contribution in [0.4, 0.5) is 13.2 Å². The molecule has 1 nitrogen and oxygen atoms in total. The minimum atomic E-state index is -4.04. The van der Waals surface area contributed by atoms with Crippen molar-refractivity contribution in [3.8, 4) is 0 Å². The van der Waals surface area contributed by atoms with E-state index < -0.39 is 12.2 Å². The van der Waals surface area contributed by atoms with Gasteiger partial charge in [0.25, 0.3) is 0 Å². The Labute approximate surface area is 69.3 Å². The number of nitrogens with one attached hydrogen (secondary N) is 1. The van der Waals surface area contributed by atoms with E-state index >= 15 is 0 Å². The highest BCUT2D eigenvalue weighted by Gasteiger charge is 2.48. The van der Waals surface area contributed by atoms with Crippen molar-refractivity contribution in [2.45, 2.75) is 43.9 Å². The van der Waals surface area contributed by atoms with Crippen LogP contribution in [0.3, 0.4) is 0 Å². The van der Waals surface area contributed by atoms with Gasteiger partial charge < -0.3 is 5.32 Å². The number of halogens is 3. The van der Waals surface area contributed by atoms with Gasteiger partial charge in [-0.25, -0.2) is 0 Å². The number of alkyl halides is 3. The Bertz CT molecular complexity index is 166. The van der Waals surface area contributed by atoms with Crippen molar-refractivity contribution in [3.63, 3.8) is 0 Å². The molecule has 0 aromatic rings. The van der Waals surface area contributed by atoms with Crippen LogP contribution in [0, 0.1) is 5.92 Å². The number of hydrogen-bond acceptors (Lipinski definition) is 1. The monoisotopic (exact) mass is 179 g/mol. The standard InChI is InChI=1S/C8H12F3N/c9-8(10,11)7-4-5-2-1-3-6(5)12-7/h5-7,12H,1-4H2/t5-,6-,7-/m0/s1. The van der Waals surface area contributed by atoms with Crippen LogP contribution in [0.2, 0.25) is 0 Å². The topological polar surface area (TPSA) is 12.0 Å². The fourth-order valence-electron chi connectivity index (χ4n) is 2.40. The smallest absolute Gasteiger partial charge is 0.303 e. The largest absolute Gasteiger partial charge is 0.403 e. The van der Waals surface area contributed by atoms with E-state index in [0.29, 0.717) is 6.42 Å². The maximum atomic E-state index is 12.2. The fourth-order valence-corrected chi connectivity index (χ4v) is 2.40. The molecule has 0 unspecified atom stereocenters. The van der Waals surface area contributed by atoms with Crippen molar-refractivity contribution < 1.29 is 13.2 Å². The molecule has 1 aliphatic carbocycles. The van der Waals surface area contributed by atoms with E-state index in [1.807, 2.05) is 0 Å². The molecule has 1 heterocycles. The Hall–Kier alpha value is -0.250. The summed E-state index contributed by atoms with van der Waals surface area (Å²) in [5.41, 5.74) is 0. The molecule has 70 valence electrons. The summed E-state index contributed by atoms with van der Waals surface area (Å²) in [6.07, 6.45) is -0.743. The number of hydrogen-bond donors (Lipinski definition) is 1. The molecule has 2 fully saturated rings. The zero-order chi connectivity index (χ0) is 8.77. The predicted octanol–water partition coefficient (Wildman–Crippen LogP) is 2.08. The third-order valence-electron chi connectivity index (χ3n) is 3.01. The summed E-state index contributed by atoms with van der Waals surface area (Å²) < 4.78 is 36.6. The predicted molar refractivity (Wildman–Crippen MR) is 38.7 cm³/mol. The summed E-state index contributed by atoms with van der Waals surface area (Å²) in [6.45, 7) is 0. The van der Waals surface area contributed by atoms with Crippen LogP contribution in [0.5, 0.6) is 0 Å². The molecule has 0 radical (unpaired) electrons. The Balaban J connectivity index is 1.99. The first-order valence-corrected chi connectivity index (χ1v) is 4.40. The van der Waals surface area contributed by atoms with E-state index in [4.69, 9.17) is 0 Å². The van der Waals surface area contributed by atoms with Crippen LogP contribution in [0.15, 0.2) is 0 Å². The molecule has 4 heteroatoms. The SMILES string of the molecule is FC(F)(F)[C@@H]1C[C@@H]2CCC[C@@H]2N1. The van der Waals surface area contributed by atoms with E-state index in [9.17, 15) is 13.2 Å². The normalized spacial score (nSPS) is 41.8. The molecule has 2 aliphatic rings. The molecule has 0 aromatic carbocycles. The lowest BCUT2D eigenvalue weighted by Crippen LogP contribution is -2.40. The Morgan fingerprint density at radius 3 is 2.50 bits per heavy atom. The van der Waals surface area contributed by atoms with E-state index in [1.165, 1.54) is 0 Å². The summed E-state index contributed by atoms with van der Waals surface area (Å²) in [6, 6.07) is -1.08. The molecule has 0 bridgehead atoms. The third-order valence-corrected chi connectivity index (χ3v) is 3.01. The van der Waals surface area contributed by atoms with Crippen LogP contribution < -0.4 is 5.32 Å². The lowest BCUT2D eigenvalue weighted by Gasteiger charge is -2.16. The second kappa shape index (κ2) is 2.62. The van der Waals surface area contributed by atoms with Gasteiger partial charge in [-0.2, -0.15) is 13.2 Å². The van der Waals surface area contributed by atoms with Crippen LogP contribution in [-0.2, 0) is 0 Å². The average molecular weight is 179 g/mol. The lowest BCUT2D eigenvalue weighted by molar-refractivity contribution is -0.153. The minimum absolute atomic E-state index is 0.150. The van der Waals surface area contributed by atoms with Crippen LogP contribution in [0.1, 0.15) is 25.7 Å². The van der Waals surface area contributed by atoms with E-state index in [2.05, 4.69) is 5.32 Å². The molecule has 2 rings (SSSR count). The van der Waals surface area contributed by atoms with E-state index in [0.717, 1.165) is 19.3 Å². The first kappa shape index (κ1) is 8.35. The maximum absolute atomic E-state index is 12.2. The van der Waals surface area contributed by atoms with Crippen molar-refractivity contribution in [2.75, 3.05) is 0 Å². The molecule has 1 saturated heterocycles. The van der Waals surface area contributed by atoms with Gasteiger partial charge in [0, 0.05) is 6.04 Å². The first-order chi connectivity index (χ1) is 5.57. The van der Waals surface area contributed by atoms with E-state index in [-0.39, 0.29) is 12.0 Å². The van der Waals surface area contributed by atoms with Gasteiger partial charge >= 0.3 is 6.18 Å². The van der Waals surface area contributed by atoms with Gasteiger partial charge in [0.2, 0.25) is 0 Å². The lowest BCUT2D eigenvalue weighted by atomic mass is 10.0.